The van der Waals surface area contributed by atoms with Crippen LogP contribution in [0.15, 0.2) is 6.07 Å². The molecular formula is C8H11IN2. The van der Waals surface area contributed by atoms with Gasteiger partial charge in [0.25, 0.3) is 0 Å². The Labute approximate surface area is 80.1 Å². The predicted molar refractivity (Wildman–Crippen MR) is 57.5 cm³/mol. The van der Waals surface area contributed by atoms with Crippen LogP contribution in [0.1, 0.15) is 11.1 Å². The molecule has 0 amide bonds. The number of rotatable bonds is 0. The Hall–Kier alpha value is -0.450. The Morgan fingerprint density at radius 2 is 1.82 bits per heavy atom. The average Bonchev–Trinajstić information content (AvgIpc) is 1.97. The van der Waals surface area contributed by atoms with Crippen LogP contribution in [0.3, 0.4) is 0 Å². The van der Waals surface area contributed by atoms with Gasteiger partial charge >= 0.3 is 0 Å². The Bertz CT molecular complexity index is 268. The summed E-state index contributed by atoms with van der Waals surface area (Å²) in [6.45, 7) is 4.02. The molecule has 0 aromatic heterocycles. The molecule has 1 aromatic rings. The summed E-state index contributed by atoms with van der Waals surface area (Å²) in [5, 5.41) is 0. The van der Waals surface area contributed by atoms with E-state index < -0.39 is 0 Å². The molecule has 0 saturated carbocycles. The second-order valence-corrected chi connectivity index (χ2v) is 3.71. The van der Waals surface area contributed by atoms with Crippen LogP contribution >= 0.6 is 22.6 Å². The second kappa shape index (κ2) is 2.89. The summed E-state index contributed by atoms with van der Waals surface area (Å²) >= 11 is 2.28. The van der Waals surface area contributed by atoms with Gasteiger partial charge in [-0.1, -0.05) is 0 Å². The molecule has 2 nitrogen and oxygen atoms in total. The van der Waals surface area contributed by atoms with Crippen LogP contribution in [0.5, 0.6) is 0 Å². The predicted octanol–water partition coefficient (Wildman–Crippen LogP) is 2.07. The molecule has 0 unspecified atom stereocenters. The summed E-state index contributed by atoms with van der Waals surface area (Å²) in [5.74, 6) is 0. The van der Waals surface area contributed by atoms with E-state index in [0.717, 1.165) is 5.56 Å². The molecule has 3 heteroatoms. The van der Waals surface area contributed by atoms with Crippen LogP contribution < -0.4 is 11.5 Å². The van der Waals surface area contributed by atoms with Crippen molar-refractivity contribution < 1.29 is 0 Å². The van der Waals surface area contributed by atoms with Crippen molar-refractivity contribution in [1.82, 2.24) is 0 Å². The number of benzene rings is 1. The third-order valence-corrected chi connectivity index (χ3v) is 3.42. The zero-order valence-corrected chi connectivity index (χ0v) is 8.77. The Morgan fingerprint density at radius 3 is 2.36 bits per heavy atom. The zero-order valence-electron chi connectivity index (χ0n) is 6.61. The fraction of sp³-hybridized carbons (Fsp3) is 0.250. The highest BCUT2D eigenvalue weighted by Crippen LogP contribution is 2.27. The van der Waals surface area contributed by atoms with Crippen LogP contribution in [0.2, 0.25) is 0 Å². The molecule has 0 radical (unpaired) electrons. The van der Waals surface area contributed by atoms with E-state index in [1.165, 1.54) is 9.13 Å². The standard InChI is InChI=1S/C8H11IN2/c1-4-3-6(10)8(11)5(2)7(4)9/h3H,10-11H2,1-2H3. The first-order valence-electron chi connectivity index (χ1n) is 3.34. The van der Waals surface area contributed by atoms with Crippen molar-refractivity contribution in [3.05, 3.63) is 20.8 Å². The van der Waals surface area contributed by atoms with Gasteiger partial charge in [0.15, 0.2) is 0 Å². The van der Waals surface area contributed by atoms with Gasteiger partial charge in [0.2, 0.25) is 0 Å². The normalized spacial score (nSPS) is 10.1. The Kier molecular flexibility index (Phi) is 2.27. The number of hydrogen-bond donors (Lipinski definition) is 2. The molecule has 1 rings (SSSR count). The van der Waals surface area contributed by atoms with Crippen molar-refractivity contribution in [1.29, 1.82) is 0 Å². The third-order valence-electron chi connectivity index (χ3n) is 1.76. The highest BCUT2D eigenvalue weighted by molar-refractivity contribution is 14.1. The number of halogens is 1. The molecule has 0 aliphatic carbocycles. The molecule has 0 heterocycles. The monoisotopic (exact) mass is 262 g/mol. The lowest BCUT2D eigenvalue weighted by atomic mass is 10.1. The fourth-order valence-electron chi connectivity index (χ4n) is 1.00. The van der Waals surface area contributed by atoms with Gasteiger partial charge in [-0.3, -0.25) is 0 Å². The van der Waals surface area contributed by atoms with Crippen LogP contribution in [0.4, 0.5) is 11.4 Å². The number of nitrogen functional groups attached to an aromatic ring is 2. The molecule has 0 spiro atoms. The highest BCUT2D eigenvalue weighted by Gasteiger charge is 2.05. The maximum absolute atomic E-state index is 5.72. The van der Waals surface area contributed by atoms with Gasteiger partial charge in [-0.15, -0.1) is 0 Å². The first-order chi connectivity index (χ1) is 5.04. The number of aryl methyl sites for hydroxylation is 1. The summed E-state index contributed by atoms with van der Waals surface area (Å²) in [6, 6.07) is 1.91. The molecular weight excluding hydrogens is 251 g/mol. The highest BCUT2D eigenvalue weighted by atomic mass is 127. The minimum Gasteiger partial charge on any atom is -0.397 e. The van der Waals surface area contributed by atoms with Gasteiger partial charge < -0.3 is 11.5 Å². The number of hydrogen-bond acceptors (Lipinski definition) is 2. The van der Waals surface area contributed by atoms with Crippen molar-refractivity contribution in [3.8, 4) is 0 Å². The van der Waals surface area contributed by atoms with E-state index in [9.17, 15) is 0 Å². The molecule has 0 fully saturated rings. The third kappa shape index (κ3) is 1.42. The second-order valence-electron chi connectivity index (χ2n) is 2.64. The summed E-state index contributed by atoms with van der Waals surface area (Å²) in [6.07, 6.45) is 0. The van der Waals surface area contributed by atoms with Crippen molar-refractivity contribution >= 4 is 34.0 Å². The smallest absolute Gasteiger partial charge is 0.0588 e. The minimum absolute atomic E-state index is 0.681. The lowest BCUT2D eigenvalue weighted by molar-refractivity contribution is 1.34. The van der Waals surface area contributed by atoms with Gasteiger partial charge in [0.05, 0.1) is 11.4 Å². The molecule has 0 aliphatic rings. The summed E-state index contributed by atoms with van der Waals surface area (Å²) in [5.41, 5.74) is 15.0. The molecule has 60 valence electrons. The van der Waals surface area contributed by atoms with Gasteiger partial charge in [-0.2, -0.15) is 0 Å². The van der Waals surface area contributed by atoms with E-state index in [1.54, 1.807) is 0 Å². The maximum atomic E-state index is 5.72. The maximum Gasteiger partial charge on any atom is 0.0588 e. The lowest BCUT2D eigenvalue weighted by Crippen LogP contribution is -2.00. The Balaban J connectivity index is 3.46. The number of anilines is 2. The lowest BCUT2D eigenvalue weighted by Gasteiger charge is -2.08. The van der Waals surface area contributed by atoms with Crippen LogP contribution in [0.25, 0.3) is 0 Å². The summed E-state index contributed by atoms with van der Waals surface area (Å²) in [7, 11) is 0. The van der Waals surface area contributed by atoms with E-state index in [4.69, 9.17) is 11.5 Å². The first kappa shape index (κ1) is 8.64. The molecule has 0 atom stereocenters. The molecule has 0 aliphatic heterocycles. The molecule has 0 saturated heterocycles. The first-order valence-corrected chi connectivity index (χ1v) is 4.42. The fourth-order valence-corrected chi connectivity index (χ4v) is 1.45. The van der Waals surface area contributed by atoms with Crippen LogP contribution in [-0.4, -0.2) is 0 Å². The summed E-state index contributed by atoms with van der Waals surface area (Å²) in [4.78, 5) is 0. The van der Waals surface area contributed by atoms with Crippen molar-refractivity contribution in [2.24, 2.45) is 0 Å². The summed E-state index contributed by atoms with van der Waals surface area (Å²) < 4.78 is 1.20. The quantitative estimate of drug-likeness (QED) is 0.555. The van der Waals surface area contributed by atoms with E-state index in [0.29, 0.717) is 11.4 Å². The van der Waals surface area contributed by atoms with Gasteiger partial charge in [-0.05, 0) is 53.6 Å². The van der Waals surface area contributed by atoms with Crippen molar-refractivity contribution in [3.63, 3.8) is 0 Å². The Morgan fingerprint density at radius 1 is 1.27 bits per heavy atom. The SMILES string of the molecule is Cc1cc(N)c(N)c(C)c1I. The topological polar surface area (TPSA) is 52.0 Å². The van der Waals surface area contributed by atoms with E-state index in [1.807, 2.05) is 19.9 Å². The molecule has 11 heavy (non-hydrogen) atoms. The van der Waals surface area contributed by atoms with E-state index in [-0.39, 0.29) is 0 Å². The zero-order chi connectivity index (χ0) is 8.59. The minimum atomic E-state index is 0.681. The van der Waals surface area contributed by atoms with Crippen molar-refractivity contribution in [2.45, 2.75) is 13.8 Å². The van der Waals surface area contributed by atoms with Gasteiger partial charge in [0.1, 0.15) is 0 Å². The van der Waals surface area contributed by atoms with Crippen molar-refractivity contribution in [2.75, 3.05) is 11.5 Å². The van der Waals surface area contributed by atoms with Crippen LogP contribution in [-0.2, 0) is 0 Å². The van der Waals surface area contributed by atoms with E-state index >= 15 is 0 Å². The number of nitrogens with two attached hydrogens (primary N) is 2. The largest absolute Gasteiger partial charge is 0.397 e. The molecule has 1 aromatic carbocycles. The van der Waals surface area contributed by atoms with Crippen LogP contribution in [0, 0.1) is 17.4 Å². The average molecular weight is 262 g/mol. The molecule has 0 bridgehead atoms. The van der Waals surface area contributed by atoms with Gasteiger partial charge in [-0.25, -0.2) is 0 Å². The molecule has 4 N–H and O–H groups in total. The van der Waals surface area contributed by atoms with Gasteiger partial charge in [0, 0.05) is 3.57 Å². The van der Waals surface area contributed by atoms with E-state index in [2.05, 4.69) is 22.6 Å².